The lowest BCUT2D eigenvalue weighted by Crippen LogP contribution is -2.52. The SMILES string of the molecule is Cc1cc(OC(C)C(=O)NC2CNCCC2C)ccc1Cl.Cl. The lowest BCUT2D eigenvalue weighted by atomic mass is 9.95. The minimum atomic E-state index is -0.528. The Morgan fingerprint density at radius 3 is 2.86 bits per heavy atom. The second-order valence-electron chi connectivity index (χ2n) is 5.76. The van der Waals surface area contributed by atoms with Gasteiger partial charge in [-0.15, -0.1) is 12.4 Å². The maximum Gasteiger partial charge on any atom is 0.261 e. The van der Waals surface area contributed by atoms with Gasteiger partial charge in [-0.1, -0.05) is 18.5 Å². The predicted molar refractivity (Wildman–Crippen MR) is 92.1 cm³/mol. The van der Waals surface area contributed by atoms with Crippen molar-refractivity contribution in [3.63, 3.8) is 0 Å². The van der Waals surface area contributed by atoms with E-state index in [0.717, 1.165) is 25.1 Å². The molecule has 124 valence electrons. The van der Waals surface area contributed by atoms with E-state index in [4.69, 9.17) is 16.3 Å². The molecule has 3 unspecified atom stereocenters. The molecular formula is C16H24Cl2N2O2. The van der Waals surface area contributed by atoms with Crippen molar-refractivity contribution in [2.24, 2.45) is 5.92 Å². The zero-order chi connectivity index (χ0) is 15.4. The second-order valence-corrected chi connectivity index (χ2v) is 6.16. The highest BCUT2D eigenvalue weighted by Crippen LogP contribution is 2.22. The van der Waals surface area contributed by atoms with Gasteiger partial charge in [0.05, 0.1) is 0 Å². The van der Waals surface area contributed by atoms with Gasteiger partial charge >= 0.3 is 0 Å². The van der Waals surface area contributed by atoms with Crippen molar-refractivity contribution in [3.05, 3.63) is 28.8 Å². The summed E-state index contributed by atoms with van der Waals surface area (Å²) in [5.74, 6) is 1.07. The van der Waals surface area contributed by atoms with Crippen molar-refractivity contribution < 1.29 is 9.53 Å². The van der Waals surface area contributed by atoms with Gasteiger partial charge in [-0.3, -0.25) is 4.79 Å². The molecule has 1 aromatic carbocycles. The molecule has 1 fully saturated rings. The lowest BCUT2D eigenvalue weighted by Gasteiger charge is -2.31. The van der Waals surface area contributed by atoms with E-state index in [9.17, 15) is 4.79 Å². The fourth-order valence-corrected chi connectivity index (χ4v) is 2.55. The van der Waals surface area contributed by atoms with Crippen LogP contribution in [0.5, 0.6) is 5.75 Å². The largest absolute Gasteiger partial charge is 0.481 e. The number of piperidine rings is 1. The minimum absolute atomic E-state index is 0. The zero-order valence-electron chi connectivity index (χ0n) is 13.2. The Bertz CT molecular complexity index is 511. The van der Waals surface area contributed by atoms with Gasteiger partial charge in [0.15, 0.2) is 6.10 Å². The van der Waals surface area contributed by atoms with Crippen LogP contribution in [0.2, 0.25) is 5.02 Å². The standard InChI is InChI=1S/C16H23ClN2O2.ClH/c1-10-6-7-18-9-15(10)19-16(20)12(3)21-13-4-5-14(17)11(2)8-13;/h4-5,8,10,12,15,18H,6-7,9H2,1-3H3,(H,19,20);1H. The molecule has 22 heavy (non-hydrogen) atoms. The molecule has 1 amide bonds. The van der Waals surface area contributed by atoms with Crippen LogP contribution < -0.4 is 15.4 Å². The summed E-state index contributed by atoms with van der Waals surface area (Å²) in [4.78, 5) is 12.2. The zero-order valence-corrected chi connectivity index (χ0v) is 14.8. The summed E-state index contributed by atoms with van der Waals surface area (Å²) in [6, 6.07) is 5.58. The molecule has 3 atom stereocenters. The highest BCUT2D eigenvalue weighted by Gasteiger charge is 2.25. The average molecular weight is 347 g/mol. The molecule has 1 heterocycles. The molecule has 1 aliphatic rings. The van der Waals surface area contributed by atoms with Gasteiger partial charge in [0, 0.05) is 17.6 Å². The summed E-state index contributed by atoms with van der Waals surface area (Å²) in [6.07, 6.45) is 0.552. The number of carbonyl (C=O) groups excluding carboxylic acids is 1. The lowest BCUT2D eigenvalue weighted by molar-refractivity contribution is -0.128. The third-order valence-corrected chi connectivity index (χ3v) is 4.39. The van der Waals surface area contributed by atoms with Gasteiger partial charge in [0.1, 0.15) is 5.75 Å². The molecule has 4 nitrogen and oxygen atoms in total. The highest BCUT2D eigenvalue weighted by atomic mass is 35.5. The summed E-state index contributed by atoms with van der Waals surface area (Å²) in [5, 5.41) is 7.06. The summed E-state index contributed by atoms with van der Waals surface area (Å²) in [5.41, 5.74) is 0.937. The molecule has 1 aliphatic heterocycles. The van der Waals surface area contributed by atoms with Gasteiger partial charge in [-0.05, 0) is 56.5 Å². The first kappa shape index (κ1) is 19.1. The summed E-state index contributed by atoms with van der Waals surface area (Å²) in [7, 11) is 0. The molecule has 0 radical (unpaired) electrons. The first-order chi connectivity index (χ1) is 9.97. The first-order valence-corrected chi connectivity index (χ1v) is 7.79. The van der Waals surface area contributed by atoms with Crippen LogP contribution in [0.4, 0.5) is 0 Å². The highest BCUT2D eigenvalue weighted by molar-refractivity contribution is 6.31. The number of nitrogens with one attached hydrogen (secondary N) is 2. The van der Waals surface area contributed by atoms with E-state index in [-0.39, 0.29) is 24.4 Å². The Hall–Kier alpha value is -0.970. The molecule has 0 aromatic heterocycles. The Labute approximate surface area is 143 Å². The maximum absolute atomic E-state index is 12.2. The normalized spacial score (nSPS) is 22.4. The van der Waals surface area contributed by atoms with Crippen molar-refractivity contribution in [1.29, 1.82) is 0 Å². The van der Waals surface area contributed by atoms with Gasteiger partial charge in [0.25, 0.3) is 5.91 Å². The Balaban J connectivity index is 0.00000242. The number of rotatable bonds is 4. The fraction of sp³-hybridized carbons (Fsp3) is 0.562. The van der Waals surface area contributed by atoms with Crippen molar-refractivity contribution >= 4 is 29.9 Å². The van der Waals surface area contributed by atoms with Crippen LogP contribution in [-0.2, 0) is 4.79 Å². The molecule has 0 bridgehead atoms. The van der Waals surface area contributed by atoms with Crippen LogP contribution in [0, 0.1) is 12.8 Å². The maximum atomic E-state index is 12.2. The van der Waals surface area contributed by atoms with Gasteiger partial charge in [-0.25, -0.2) is 0 Å². The molecule has 2 rings (SSSR count). The summed E-state index contributed by atoms with van der Waals surface area (Å²) >= 11 is 5.98. The van der Waals surface area contributed by atoms with Crippen molar-refractivity contribution in [2.75, 3.05) is 13.1 Å². The van der Waals surface area contributed by atoms with Gasteiger partial charge in [0.2, 0.25) is 0 Å². The van der Waals surface area contributed by atoms with Crippen molar-refractivity contribution in [3.8, 4) is 5.75 Å². The van der Waals surface area contributed by atoms with E-state index in [0.29, 0.717) is 16.7 Å². The van der Waals surface area contributed by atoms with Crippen LogP contribution >= 0.6 is 24.0 Å². The van der Waals surface area contributed by atoms with E-state index >= 15 is 0 Å². The monoisotopic (exact) mass is 346 g/mol. The molecule has 0 saturated carbocycles. The topological polar surface area (TPSA) is 50.4 Å². The van der Waals surface area contributed by atoms with E-state index in [1.54, 1.807) is 19.1 Å². The number of hydrogen-bond acceptors (Lipinski definition) is 3. The smallest absolute Gasteiger partial charge is 0.261 e. The fourth-order valence-electron chi connectivity index (χ4n) is 2.43. The van der Waals surface area contributed by atoms with Gasteiger partial charge in [-0.2, -0.15) is 0 Å². The molecule has 1 aromatic rings. The Kier molecular flexibility index (Phi) is 7.46. The molecule has 0 aliphatic carbocycles. The van der Waals surface area contributed by atoms with E-state index < -0.39 is 6.10 Å². The van der Waals surface area contributed by atoms with Crippen LogP contribution in [0.1, 0.15) is 25.8 Å². The van der Waals surface area contributed by atoms with Crippen LogP contribution in [0.3, 0.4) is 0 Å². The number of hydrogen-bond donors (Lipinski definition) is 2. The van der Waals surface area contributed by atoms with E-state index in [2.05, 4.69) is 17.6 Å². The first-order valence-electron chi connectivity index (χ1n) is 7.41. The van der Waals surface area contributed by atoms with Crippen molar-refractivity contribution in [1.82, 2.24) is 10.6 Å². The second kappa shape index (κ2) is 8.61. The molecule has 2 N–H and O–H groups in total. The third kappa shape index (κ3) is 5.04. The number of benzene rings is 1. The number of halogens is 2. The molecule has 6 heteroatoms. The van der Waals surface area contributed by atoms with Gasteiger partial charge < -0.3 is 15.4 Å². The van der Waals surface area contributed by atoms with Crippen LogP contribution in [-0.4, -0.2) is 31.1 Å². The van der Waals surface area contributed by atoms with E-state index in [1.165, 1.54) is 0 Å². The number of carbonyl (C=O) groups is 1. The molecule has 0 spiro atoms. The molecule has 1 saturated heterocycles. The van der Waals surface area contributed by atoms with Crippen LogP contribution in [0.25, 0.3) is 0 Å². The quantitative estimate of drug-likeness (QED) is 0.881. The van der Waals surface area contributed by atoms with Crippen molar-refractivity contribution in [2.45, 2.75) is 39.3 Å². The predicted octanol–water partition coefficient (Wildman–Crippen LogP) is 2.95. The average Bonchev–Trinajstić information content (AvgIpc) is 2.45. The number of aryl methyl sites for hydroxylation is 1. The number of ether oxygens (including phenoxy) is 1. The molecular weight excluding hydrogens is 323 g/mol. The Morgan fingerprint density at radius 1 is 1.50 bits per heavy atom. The number of amides is 1. The summed E-state index contributed by atoms with van der Waals surface area (Å²) in [6.45, 7) is 7.68. The van der Waals surface area contributed by atoms with Crippen LogP contribution in [0.15, 0.2) is 18.2 Å². The Morgan fingerprint density at radius 2 is 2.23 bits per heavy atom. The minimum Gasteiger partial charge on any atom is -0.481 e. The summed E-state index contributed by atoms with van der Waals surface area (Å²) < 4.78 is 5.70. The third-order valence-electron chi connectivity index (χ3n) is 3.97. The van der Waals surface area contributed by atoms with E-state index in [1.807, 2.05) is 13.0 Å².